The quantitative estimate of drug-likeness (QED) is 0.767. The molecule has 1 heterocycles. The van der Waals surface area contributed by atoms with Gasteiger partial charge in [-0.15, -0.1) is 0 Å². The fourth-order valence-electron chi connectivity index (χ4n) is 3.02. The zero-order valence-corrected chi connectivity index (χ0v) is 12.4. The molecule has 2 atom stereocenters. The first-order valence-electron chi connectivity index (χ1n) is 7.07. The Labute approximate surface area is 115 Å². The normalized spacial score (nSPS) is 34.3. The fourth-order valence-corrected chi connectivity index (χ4v) is 4.68. The van der Waals surface area contributed by atoms with Gasteiger partial charge in [0.25, 0.3) is 10.2 Å². The smallest absolute Gasteiger partial charge is 0.280 e. The Kier molecular flexibility index (Phi) is 4.84. The van der Waals surface area contributed by atoms with Gasteiger partial charge in [-0.3, -0.25) is 0 Å². The van der Waals surface area contributed by atoms with Crippen molar-refractivity contribution in [3.05, 3.63) is 0 Å². The SMILES string of the molecule is CC1CCCCC1(CN)NS(=O)(=O)N1CCOCC1. The molecule has 1 aliphatic heterocycles. The van der Waals surface area contributed by atoms with Gasteiger partial charge in [0, 0.05) is 25.2 Å². The Balaban J connectivity index is 2.12. The maximum Gasteiger partial charge on any atom is 0.280 e. The van der Waals surface area contributed by atoms with Gasteiger partial charge in [-0.2, -0.15) is 17.4 Å². The van der Waals surface area contributed by atoms with E-state index in [1.54, 1.807) is 0 Å². The van der Waals surface area contributed by atoms with Gasteiger partial charge in [0.1, 0.15) is 0 Å². The summed E-state index contributed by atoms with van der Waals surface area (Å²) in [5.41, 5.74) is 5.42. The van der Waals surface area contributed by atoms with Gasteiger partial charge in [0.05, 0.1) is 13.2 Å². The lowest BCUT2D eigenvalue weighted by Crippen LogP contribution is -2.62. The predicted octanol–water partition coefficient (Wildman–Crippen LogP) is 0.0606. The minimum absolute atomic E-state index is 0.280. The molecule has 1 saturated carbocycles. The zero-order chi connectivity index (χ0) is 13.9. The highest BCUT2D eigenvalue weighted by atomic mass is 32.2. The number of ether oxygens (including phenoxy) is 1. The van der Waals surface area contributed by atoms with E-state index >= 15 is 0 Å². The van der Waals surface area contributed by atoms with E-state index in [0.717, 1.165) is 25.7 Å². The van der Waals surface area contributed by atoms with Crippen LogP contribution in [0.1, 0.15) is 32.6 Å². The van der Waals surface area contributed by atoms with Gasteiger partial charge < -0.3 is 10.5 Å². The maximum atomic E-state index is 12.5. The van der Waals surface area contributed by atoms with Crippen molar-refractivity contribution >= 4 is 10.2 Å². The van der Waals surface area contributed by atoms with Crippen LogP contribution in [-0.4, -0.2) is 51.1 Å². The van der Waals surface area contributed by atoms with E-state index < -0.39 is 15.7 Å². The van der Waals surface area contributed by atoms with E-state index in [1.807, 2.05) is 0 Å². The molecular weight excluding hydrogens is 266 g/mol. The third kappa shape index (κ3) is 3.28. The number of nitrogens with zero attached hydrogens (tertiary/aromatic N) is 1. The van der Waals surface area contributed by atoms with E-state index in [4.69, 9.17) is 10.5 Å². The molecule has 2 unspecified atom stereocenters. The van der Waals surface area contributed by atoms with E-state index in [1.165, 1.54) is 4.31 Å². The van der Waals surface area contributed by atoms with Crippen molar-refractivity contribution in [2.75, 3.05) is 32.8 Å². The van der Waals surface area contributed by atoms with Crippen LogP contribution in [-0.2, 0) is 14.9 Å². The zero-order valence-electron chi connectivity index (χ0n) is 11.6. The molecule has 0 bridgehead atoms. The van der Waals surface area contributed by atoms with Crippen molar-refractivity contribution in [2.45, 2.75) is 38.1 Å². The number of hydrogen-bond acceptors (Lipinski definition) is 4. The highest BCUT2D eigenvalue weighted by Gasteiger charge is 2.41. The van der Waals surface area contributed by atoms with Crippen molar-refractivity contribution < 1.29 is 13.2 Å². The van der Waals surface area contributed by atoms with E-state index in [9.17, 15) is 8.42 Å². The molecule has 3 N–H and O–H groups in total. The Morgan fingerprint density at radius 2 is 2.05 bits per heavy atom. The number of nitrogens with one attached hydrogen (secondary N) is 1. The van der Waals surface area contributed by atoms with Crippen LogP contribution < -0.4 is 10.5 Å². The highest BCUT2D eigenvalue weighted by Crippen LogP contribution is 2.33. The molecule has 1 saturated heterocycles. The summed E-state index contributed by atoms with van der Waals surface area (Å²) >= 11 is 0. The van der Waals surface area contributed by atoms with Crippen LogP contribution in [0.25, 0.3) is 0 Å². The van der Waals surface area contributed by atoms with Crippen LogP contribution in [0.3, 0.4) is 0 Å². The first-order chi connectivity index (χ1) is 9.00. The standard InChI is InChI=1S/C12H25N3O3S/c1-11-4-2-3-5-12(11,10-13)14-19(16,17)15-6-8-18-9-7-15/h11,14H,2-10,13H2,1H3. The second-order valence-corrected chi connectivity index (χ2v) is 7.30. The number of nitrogens with two attached hydrogens (primary N) is 1. The van der Waals surface area contributed by atoms with Crippen molar-refractivity contribution in [3.8, 4) is 0 Å². The summed E-state index contributed by atoms with van der Waals surface area (Å²) < 4.78 is 34.5. The molecule has 2 aliphatic rings. The molecule has 0 aromatic rings. The summed E-state index contributed by atoms with van der Waals surface area (Å²) in [6, 6.07) is 0. The first-order valence-corrected chi connectivity index (χ1v) is 8.51. The molecule has 6 nitrogen and oxygen atoms in total. The molecule has 19 heavy (non-hydrogen) atoms. The van der Waals surface area contributed by atoms with Gasteiger partial charge in [-0.1, -0.05) is 19.8 Å². The molecule has 2 fully saturated rings. The lowest BCUT2D eigenvalue weighted by molar-refractivity contribution is 0.0709. The fraction of sp³-hybridized carbons (Fsp3) is 1.00. The highest BCUT2D eigenvalue weighted by molar-refractivity contribution is 7.87. The Bertz CT molecular complexity index is 395. The predicted molar refractivity (Wildman–Crippen MR) is 73.9 cm³/mol. The number of hydrogen-bond donors (Lipinski definition) is 2. The molecule has 2 rings (SSSR count). The van der Waals surface area contributed by atoms with Crippen LogP contribution in [0, 0.1) is 5.92 Å². The molecule has 0 spiro atoms. The third-order valence-electron chi connectivity index (χ3n) is 4.46. The summed E-state index contributed by atoms with van der Waals surface area (Å²) in [6.07, 6.45) is 4.05. The van der Waals surface area contributed by atoms with Crippen molar-refractivity contribution in [1.29, 1.82) is 0 Å². The second kappa shape index (κ2) is 6.05. The van der Waals surface area contributed by atoms with Gasteiger partial charge in [-0.25, -0.2) is 0 Å². The van der Waals surface area contributed by atoms with Crippen molar-refractivity contribution in [3.63, 3.8) is 0 Å². The Morgan fingerprint density at radius 3 is 2.63 bits per heavy atom. The molecule has 1 aliphatic carbocycles. The molecule has 0 aromatic heterocycles. The molecule has 0 amide bonds. The lowest BCUT2D eigenvalue weighted by atomic mass is 9.74. The van der Waals surface area contributed by atoms with Crippen LogP contribution >= 0.6 is 0 Å². The van der Waals surface area contributed by atoms with Crippen molar-refractivity contribution in [2.24, 2.45) is 11.7 Å². The van der Waals surface area contributed by atoms with Crippen molar-refractivity contribution in [1.82, 2.24) is 9.03 Å². The van der Waals surface area contributed by atoms with Crippen LogP contribution in [0.2, 0.25) is 0 Å². The summed E-state index contributed by atoms with van der Waals surface area (Å²) in [7, 11) is -3.46. The molecule has 0 radical (unpaired) electrons. The van der Waals surface area contributed by atoms with Crippen LogP contribution in [0.4, 0.5) is 0 Å². The summed E-state index contributed by atoms with van der Waals surface area (Å²) in [6.45, 7) is 4.22. The average Bonchev–Trinajstić information content (AvgIpc) is 2.42. The van der Waals surface area contributed by atoms with Gasteiger partial charge in [-0.05, 0) is 18.8 Å². The minimum Gasteiger partial charge on any atom is -0.379 e. The molecule has 112 valence electrons. The van der Waals surface area contributed by atoms with Gasteiger partial charge in [0.2, 0.25) is 0 Å². The molecule has 7 heteroatoms. The topological polar surface area (TPSA) is 84.7 Å². The lowest BCUT2D eigenvalue weighted by Gasteiger charge is -2.43. The van der Waals surface area contributed by atoms with Crippen LogP contribution in [0.5, 0.6) is 0 Å². The Morgan fingerprint density at radius 1 is 1.37 bits per heavy atom. The summed E-state index contributed by atoms with van der Waals surface area (Å²) in [5, 5.41) is 0. The molecule has 0 aromatic carbocycles. The maximum absolute atomic E-state index is 12.5. The van der Waals surface area contributed by atoms with Gasteiger partial charge in [0.15, 0.2) is 0 Å². The minimum atomic E-state index is -3.46. The Hall–Kier alpha value is -0.210. The van der Waals surface area contributed by atoms with E-state index in [-0.39, 0.29) is 5.92 Å². The largest absolute Gasteiger partial charge is 0.379 e. The average molecular weight is 291 g/mol. The molecular formula is C12H25N3O3S. The third-order valence-corrected chi connectivity index (χ3v) is 6.17. The van der Waals surface area contributed by atoms with E-state index in [0.29, 0.717) is 32.8 Å². The summed E-state index contributed by atoms with van der Waals surface area (Å²) in [5.74, 6) is 0.280. The van der Waals surface area contributed by atoms with Crippen LogP contribution in [0.15, 0.2) is 0 Å². The monoisotopic (exact) mass is 291 g/mol. The first kappa shape index (κ1) is 15.2. The number of rotatable bonds is 4. The summed E-state index contributed by atoms with van der Waals surface area (Å²) in [4.78, 5) is 0. The second-order valence-electron chi connectivity index (χ2n) is 5.63. The van der Waals surface area contributed by atoms with Gasteiger partial charge >= 0.3 is 0 Å². The number of morpholine rings is 1. The van der Waals surface area contributed by atoms with E-state index in [2.05, 4.69) is 11.6 Å².